The van der Waals surface area contributed by atoms with Crippen LogP contribution in [0.5, 0.6) is 0 Å². The molecular formula is C22H34N6O8. The lowest BCUT2D eigenvalue weighted by Crippen LogP contribution is -2.53. The van der Waals surface area contributed by atoms with E-state index in [9.17, 15) is 24.0 Å². The Morgan fingerprint density at radius 3 is 2.22 bits per heavy atom. The van der Waals surface area contributed by atoms with Crippen LogP contribution in [0, 0.1) is 5.92 Å². The summed E-state index contributed by atoms with van der Waals surface area (Å²) in [5, 5.41) is 27.9. The van der Waals surface area contributed by atoms with Gasteiger partial charge in [-0.3, -0.25) is 19.2 Å². The summed E-state index contributed by atoms with van der Waals surface area (Å²) >= 11 is 0. The number of hydroxylamine groups is 1. The van der Waals surface area contributed by atoms with E-state index in [4.69, 9.17) is 15.9 Å². The molecule has 0 saturated carbocycles. The number of carboxylic acid groups (broad SMARTS) is 1. The minimum Gasteiger partial charge on any atom is -0.464 e. The minimum absolute atomic E-state index is 0.00352. The van der Waals surface area contributed by atoms with Crippen LogP contribution in [-0.4, -0.2) is 65.3 Å². The number of urea groups is 1. The number of amides is 6. The Labute approximate surface area is 208 Å². The van der Waals surface area contributed by atoms with Crippen molar-refractivity contribution < 1.29 is 39.0 Å². The summed E-state index contributed by atoms with van der Waals surface area (Å²) in [6.45, 7) is 3.05. The number of hydrogen-bond acceptors (Lipinski definition) is 7. The first kappa shape index (κ1) is 30.1. The number of aliphatic hydroxyl groups is 1. The van der Waals surface area contributed by atoms with Crippen LogP contribution in [0.1, 0.15) is 38.7 Å². The Bertz CT molecular complexity index is 893. The monoisotopic (exact) mass is 510 g/mol. The van der Waals surface area contributed by atoms with Gasteiger partial charge in [0.05, 0.1) is 6.61 Å². The fraction of sp³-hybridized carbons (Fsp3) is 0.500. The van der Waals surface area contributed by atoms with Crippen molar-refractivity contribution in [3.8, 4) is 0 Å². The van der Waals surface area contributed by atoms with Gasteiger partial charge in [-0.1, -0.05) is 26.0 Å². The average molecular weight is 511 g/mol. The summed E-state index contributed by atoms with van der Waals surface area (Å²) in [6, 6.07) is 3.72. The van der Waals surface area contributed by atoms with Crippen molar-refractivity contribution in [2.24, 2.45) is 11.7 Å². The average Bonchev–Trinajstić information content (AvgIpc) is 2.80. The Hall–Kier alpha value is -3.91. The molecule has 1 aromatic rings. The molecule has 0 aliphatic carbocycles. The van der Waals surface area contributed by atoms with Crippen LogP contribution in [0.25, 0.3) is 0 Å². The van der Waals surface area contributed by atoms with Crippen LogP contribution in [0.2, 0.25) is 0 Å². The van der Waals surface area contributed by atoms with Crippen molar-refractivity contribution in [1.29, 1.82) is 0 Å². The van der Waals surface area contributed by atoms with Crippen molar-refractivity contribution in [1.82, 2.24) is 21.4 Å². The summed E-state index contributed by atoms with van der Waals surface area (Å²) < 4.78 is 0. The van der Waals surface area contributed by atoms with Gasteiger partial charge in [-0.25, -0.2) is 9.59 Å². The van der Waals surface area contributed by atoms with Crippen molar-refractivity contribution in [2.45, 2.75) is 51.8 Å². The van der Waals surface area contributed by atoms with Crippen LogP contribution in [0.4, 0.5) is 15.3 Å². The van der Waals surface area contributed by atoms with E-state index in [0.717, 1.165) is 0 Å². The minimum atomic E-state index is -1.48. The highest BCUT2D eigenvalue weighted by molar-refractivity contribution is 5.98. The van der Waals surface area contributed by atoms with Gasteiger partial charge in [-0.15, -0.1) is 0 Å². The van der Waals surface area contributed by atoms with Gasteiger partial charge in [0.2, 0.25) is 17.7 Å². The fourth-order valence-corrected chi connectivity index (χ4v) is 3.08. The SMILES string of the molecule is CC(C)C[C@H](NC(=O)CONC(=O)O)C(=O)N[C@@H](CCCNC(N)=O)C(=O)Nc1ccc(CO)cc1. The maximum absolute atomic E-state index is 13.0. The van der Waals surface area contributed by atoms with Crippen LogP contribution in [0.3, 0.4) is 0 Å². The predicted octanol–water partition coefficient (Wildman–Crippen LogP) is -0.219. The van der Waals surface area contributed by atoms with Gasteiger partial charge >= 0.3 is 12.1 Å². The topological polar surface area (TPSA) is 221 Å². The molecule has 0 unspecified atom stereocenters. The zero-order valence-electron chi connectivity index (χ0n) is 20.2. The lowest BCUT2D eigenvalue weighted by Gasteiger charge is -2.24. The van der Waals surface area contributed by atoms with E-state index in [2.05, 4.69) is 26.1 Å². The molecule has 14 heteroatoms. The Morgan fingerprint density at radius 2 is 1.67 bits per heavy atom. The molecule has 0 aromatic heterocycles. The molecule has 0 fully saturated rings. The molecule has 14 nitrogen and oxygen atoms in total. The van der Waals surface area contributed by atoms with Gasteiger partial charge in [0.1, 0.15) is 12.1 Å². The molecule has 1 rings (SSSR count). The molecule has 200 valence electrons. The molecule has 1 aromatic carbocycles. The fourth-order valence-electron chi connectivity index (χ4n) is 3.08. The Kier molecular flexibility index (Phi) is 13.3. The first-order valence-electron chi connectivity index (χ1n) is 11.3. The van der Waals surface area contributed by atoms with E-state index in [1.54, 1.807) is 29.7 Å². The molecular weight excluding hydrogens is 476 g/mol. The second kappa shape index (κ2) is 15.9. The normalized spacial score (nSPS) is 12.2. The summed E-state index contributed by atoms with van der Waals surface area (Å²) in [5.74, 6) is -1.89. The van der Waals surface area contributed by atoms with Crippen LogP contribution in [0.15, 0.2) is 24.3 Å². The first-order chi connectivity index (χ1) is 17.0. The molecule has 0 aliphatic heterocycles. The van der Waals surface area contributed by atoms with E-state index >= 15 is 0 Å². The summed E-state index contributed by atoms with van der Waals surface area (Å²) in [6.07, 6.45) is -0.768. The molecule has 0 aliphatic rings. The third-order valence-electron chi connectivity index (χ3n) is 4.73. The highest BCUT2D eigenvalue weighted by Crippen LogP contribution is 2.12. The summed E-state index contributed by atoms with van der Waals surface area (Å²) in [5.41, 5.74) is 7.74. The zero-order chi connectivity index (χ0) is 27.1. The molecule has 6 amide bonds. The number of hydrogen-bond donors (Lipinski definition) is 8. The molecule has 0 radical (unpaired) electrons. The Balaban J connectivity index is 2.90. The van der Waals surface area contributed by atoms with Crippen LogP contribution in [-0.2, 0) is 25.8 Å². The first-order valence-corrected chi connectivity index (χ1v) is 11.3. The van der Waals surface area contributed by atoms with Gasteiger partial charge in [-0.2, -0.15) is 5.48 Å². The number of benzene rings is 1. The largest absolute Gasteiger partial charge is 0.464 e. The van der Waals surface area contributed by atoms with E-state index in [-0.39, 0.29) is 31.9 Å². The van der Waals surface area contributed by atoms with Crippen LogP contribution >= 0.6 is 0 Å². The van der Waals surface area contributed by atoms with Crippen molar-refractivity contribution >= 4 is 35.5 Å². The third-order valence-corrected chi connectivity index (χ3v) is 4.73. The van der Waals surface area contributed by atoms with Crippen molar-refractivity contribution in [2.75, 3.05) is 18.5 Å². The quantitative estimate of drug-likeness (QED) is 0.116. The predicted molar refractivity (Wildman–Crippen MR) is 128 cm³/mol. The van der Waals surface area contributed by atoms with Gasteiger partial charge in [0.15, 0.2) is 6.61 Å². The smallest absolute Gasteiger partial charge is 0.428 e. The van der Waals surface area contributed by atoms with Gasteiger partial charge in [-0.05, 0) is 42.9 Å². The molecule has 0 spiro atoms. The summed E-state index contributed by atoms with van der Waals surface area (Å²) in [4.78, 5) is 63.9. The third kappa shape index (κ3) is 12.5. The maximum atomic E-state index is 13.0. The van der Waals surface area contributed by atoms with Gasteiger partial charge in [0, 0.05) is 12.2 Å². The number of primary amides is 1. The van der Waals surface area contributed by atoms with Crippen LogP contribution < -0.4 is 32.5 Å². The molecule has 36 heavy (non-hydrogen) atoms. The van der Waals surface area contributed by atoms with Gasteiger partial charge in [0.25, 0.3) is 0 Å². The Morgan fingerprint density at radius 1 is 1.00 bits per heavy atom. The van der Waals surface area contributed by atoms with Gasteiger partial charge < -0.3 is 37.2 Å². The number of carbonyl (C=O) groups is 5. The number of aliphatic hydroxyl groups excluding tert-OH is 1. The van der Waals surface area contributed by atoms with E-state index < -0.39 is 48.5 Å². The van der Waals surface area contributed by atoms with E-state index in [1.807, 2.05) is 13.8 Å². The number of nitrogens with one attached hydrogen (secondary N) is 5. The molecule has 0 heterocycles. The number of carbonyl (C=O) groups excluding carboxylic acids is 4. The van der Waals surface area contributed by atoms with E-state index in [0.29, 0.717) is 17.7 Å². The lowest BCUT2D eigenvalue weighted by atomic mass is 10.0. The molecule has 2 atom stereocenters. The maximum Gasteiger partial charge on any atom is 0.428 e. The number of anilines is 1. The lowest BCUT2D eigenvalue weighted by molar-refractivity contribution is -0.134. The van der Waals surface area contributed by atoms with Crippen molar-refractivity contribution in [3.63, 3.8) is 0 Å². The second-order valence-corrected chi connectivity index (χ2v) is 8.28. The highest BCUT2D eigenvalue weighted by atomic mass is 16.7. The summed E-state index contributed by atoms with van der Waals surface area (Å²) in [7, 11) is 0. The number of nitrogens with two attached hydrogens (primary N) is 1. The molecule has 0 saturated heterocycles. The number of rotatable bonds is 15. The molecule has 0 bridgehead atoms. The van der Waals surface area contributed by atoms with Crippen molar-refractivity contribution in [3.05, 3.63) is 29.8 Å². The van der Waals surface area contributed by atoms with E-state index in [1.165, 1.54) is 0 Å². The highest BCUT2D eigenvalue weighted by Gasteiger charge is 2.27. The second-order valence-electron chi connectivity index (χ2n) is 8.28. The zero-order valence-corrected chi connectivity index (χ0v) is 20.2. The molecule has 9 N–H and O–H groups in total. The standard InChI is InChI=1S/C22H34N6O8/c1-13(2)10-17(26-18(30)12-36-28-22(34)35)20(32)27-16(4-3-9-24-21(23)33)19(31)25-15-7-5-14(11-29)6-8-15/h5-8,13,16-17,28-29H,3-4,9-12H2,1-2H3,(H,25,31)(H,26,30)(H,27,32)(H,34,35)(H3,23,24,33)/t16-,17-/m0/s1.